The Kier molecular flexibility index (Phi) is 10.5. The number of hydrogen-bond acceptors (Lipinski definition) is 4. The van der Waals surface area contributed by atoms with E-state index in [1.54, 1.807) is 25.7 Å². The lowest BCUT2D eigenvalue weighted by atomic mass is 9.91. The van der Waals surface area contributed by atoms with Crippen molar-refractivity contribution in [1.82, 2.24) is 10.2 Å². The van der Waals surface area contributed by atoms with Crippen molar-refractivity contribution in [3.05, 3.63) is 77.4 Å². The molecule has 3 aromatic rings. The first kappa shape index (κ1) is 31.7. The highest BCUT2D eigenvalue weighted by Crippen LogP contribution is 2.31. The molecule has 0 spiro atoms. The van der Waals surface area contributed by atoms with Crippen molar-refractivity contribution in [3.63, 3.8) is 0 Å². The van der Waals surface area contributed by atoms with E-state index in [9.17, 15) is 14.4 Å². The average molecular weight is 560 g/mol. The van der Waals surface area contributed by atoms with Gasteiger partial charge in [0.25, 0.3) is 5.91 Å². The number of alkyl carbamates (subject to hydrolysis) is 1. The zero-order chi connectivity index (χ0) is 30.3. The summed E-state index contributed by atoms with van der Waals surface area (Å²) in [5, 5.41) is 7.99. The maximum absolute atomic E-state index is 14.4. The standard InChI is InChI=1S/C34H45N3O4/c1-9-20-37(32(39)29(22(3)10-2)36-33(40)41-34(6,7)8)30(28-23(4)14-13-15-24(28)5)31(38)35-27-19-18-25-16-11-12-17-26(25)21-27/h11-19,21-22,29-30H,9-10,20H2,1-8H3,(H,35,38)(H,36,40). The van der Waals surface area contributed by atoms with Gasteiger partial charge in [0.05, 0.1) is 0 Å². The van der Waals surface area contributed by atoms with E-state index in [1.807, 2.05) is 95.3 Å². The van der Waals surface area contributed by atoms with E-state index in [0.717, 1.165) is 27.5 Å². The first-order chi connectivity index (χ1) is 19.4. The number of hydrogen-bond donors (Lipinski definition) is 2. The average Bonchev–Trinajstić information content (AvgIpc) is 2.91. The zero-order valence-electron chi connectivity index (χ0n) is 25.7. The highest BCUT2D eigenvalue weighted by molar-refractivity contribution is 6.00. The Hall–Kier alpha value is -3.87. The van der Waals surface area contributed by atoms with Crippen LogP contribution in [0.5, 0.6) is 0 Å². The van der Waals surface area contributed by atoms with Gasteiger partial charge in [0.15, 0.2) is 0 Å². The topological polar surface area (TPSA) is 87.7 Å². The minimum Gasteiger partial charge on any atom is -0.444 e. The molecule has 0 saturated heterocycles. The van der Waals surface area contributed by atoms with Crippen LogP contribution in [0, 0.1) is 19.8 Å². The fourth-order valence-corrected chi connectivity index (χ4v) is 5.07. The summed E-state index contributed by atoms with van der Waals surface area (Å²) in [5.41, 5.74) is 2.55. The molecule has 41 heavy (non-hydrogen) atoms. The quantitative estimate of drug-likeness (QED) is 0.273. The van der Waals surface area contributed by atoms with E-state index >= 15 is 0 Å². The first-order valence-electron chi connectivity index (χ1n) is 14.5. The lowest BCUT2D eigenvalue weighted by molar-refractivity contribution is -0.142. The molecule has 0 fully saturated rings. The molecule has 0 saturated carbocycles. The van der Waals surface area contributed by atoms with Crippen LogP contribution in [0.2, 0.25) is 0 Å². The van der Waals surface area contributed by atoms with Crippen LogP contribution in [0.4, 0.5) is 10.5 Å². The molecule has 0 aliphatic rings. The molecule has 2 N–H and O–H groups in total. The minimum absolute atomic E-state index is 0.184. The van der Waals surface area contributed by atoms with Gasteiger partial charge in [0, 0.05) is 12.2 Å². The molecule has 0 aromatic heterocycles. The van der Waals surface area contributed by atoms with Gasteiger partial charge < -0.3 is 20.3 Å². The summed E-state index contributed by atoms with van der Waals surface area (Å²) in [5.74, 6) is -0.801. The smallest absolute Gasteiger partial charge is 0.408 e. The van der Waals surface area contributed by atoms with Gasteiger partial charge >= 0.3 is 6.09 Å². The molecular formula is C34H45N3O4. The lowest BCUT2D eigenvalue weighted by Crippen LogP contribution is -2.55. The number of nitrogens with zero attached hydrogens (tertiary/aromatic N) is 1. The Morgan fingerprint density at radius 1 is 0.902 bits per heavy atom. The Bertz CT molecular complexity index is 1360. The van der Waals surface area contributed by atoms with Crippen molar-refractivity contribution in [3.8, 4) is 0 Å². The number of ether oxygens (including phenoxy) is 1. The van der Waals surface area contributed by atoms with Crippen molar-refractivity contribution in [1.29, 1.82) is 0 Å². The van der Waals surface area contributed by atoms with E-state index in [2.05, 4.69) is 10.6 Å². The number of nitrogens with one attached hydrogen (secondary N) is 2. The third kappa shape index (κ3) is 8.09. The normalized spacial score (nSPS) is 13.7. The fourth-order valence-electron chi connectivity index (χ4n) is 5.07. The summed E-state index contributed by atoms with van der Waals surface area (Å²) in [6.45, 7) is 15.5. The second-order valence-corrected chi connectivity index (χ2v) is 11.8. The number of amides is 3. The SMILES string of the molecule is CCCN(C(=O)C(NC(=O)OC(C)(C)C)C(C)CC)C(C(=O)Nc1ccc2ccccc2c1)c1c(C)cccc1C. The Labute approximate surface area is 244 Å². The van der Waals surface area contributed by atoms with Crippen LogP contribution in [0.15, 0.2) is 60.7 Å². The Balaban J connectivity index is 2.07. The first-order valence-corrected chi connectivity index (χ1v) is 14.5. The summed E-state index contributed by atoms with van der Waals surface area (Å²) in [4.78, 5) is 43.1. The van der Waals surface area contributed by atoms with Crippen LogP contribution in [0.3, 0.4) is 0 Å². The van der Waals surface area contributed by atoms with Crippen LogP contribution in [0.25, 0.3) is 10.8 Å². The minimum atomic E-state index is -0.901. The van der Waals surface area contributed by atoms with E-state index in [4.69, 9.17) is 4.74 Å². The molecule has 3 amide bonds. The number of carbonyl (C=O) groups is 3. The highest BCUT2D eigenvalue weighted by atomic mass is 16.6. The third-order valence-electron chi connectivity index (χ3n) is 7.29. The van der Waals surface area contributed by atoms with Crippen LogP contribution in [-0.2, 0) is 14.3 Å². The molecule has 7 heteroatoms. The number of carbonyl (C=O) groups excluding carboxylic acids is 3. The van der Waals surface area contributed by atoms with Crippen LogP contribution in [-0.4, -0.2) is 41.0 Å². The van der Waals surface area contributed by atoms with E-state index in [-0.39, 0.29) is 17.7 Å². The second-order valence-electron chi connectivity index (χ2n) is 11.8. The largest absolute Gasteiger partial charge is 0.444 e. The summed E-state index contributed by atoms with van der Waals surface area (Å²) >= 11 is 0. The van der Waals surface area contributed by atoms with E-state index < -0.39 is 23.8 Å². The Morgan fingerprint density at radius 2 is 1.54 bits per heavy atom. The molecule has 0 radical (unpaired) electrons. The van der Waals surface area contributed by atoms with Gasteiger partial charge in [-0.3, -0.25) is 9.59 Å². The molecule has 0 aliphatic carbocycles. The molecular weight excluding hydrogens is 514 g/mol. The van der Waals surface area contributed by atoms with Gasteiger partial charge in [-0.1, -0.05) is 75.7 Å². The maximum atomic E-state index is 14.4. The predicted molar refractivity (Wildman–Crippen MR) is 166 cm³/mol. The van der Waals surface area contributed by atoms with Gasteiger partial charge in [-0.25, -0.2) is 4.79 Å². The van der Waals surface area contributed by atoms with E-state index in [0.29, 0.717) is 25.1 Å². The third-order valence-corrected chi connectivity index (χ3v) is 7.29. The second kappa shape index (κ2) is 13.7. The predicted octanol–water partition coefficient (Wildman–Crippen LogP) is 7.31. The summed E-state index contributed by atoms with van der Waals surface area (Å²) in [6.07, 6.45) is 0.636. The highest BCUT2D eigenvalue weighted by Gasteiger charge is 2.38. The number of fused-ring (bicyclic) bond motifs is 1. The number of rotatable bonds is 10. The zero-order valence-corrected chi connectivity index (χ0v) is 25.7. The molecule has 7 nitrogen and oxygen atoms in total. The molecule has 0 bridgehead atoms. The molecule has 0 aliphatic heterocycles. The van der Waals surface area contributed by atoms with Gasteiger partial charge in [-0.05, 0) is 86.6 Å². The van der Waals surface area contributed by atoms with Crippen molar-refractivity contribution >= 4 is 34.4 Å². The number of benzene rings is 3. The van der Waals surface area contributed by atoms with Crippen molar-refractivity contribution in [2.75, 3.05) is 11.9 Å². The number of aryl methyl sites for hydroxylation is 2. The van der Waals surface area contributed by atoms with Crippen molar-refractivity contribution in [2.24, 2.45) is 5.92 Å². The summed E-state index contributed by atoms with van der Waals surface area (Å²) < 4.78 is 5.50. The summed E-state index contributed by atoms with van der Waals surface area (Å²) in [6, 6.07) is 17.8. The van der Waals surface area contributed by atoms with Crippen LogP contribution in [0.1, 0.15) is 77.1 Å². The van der Waals surface area contributed by atoms with E-state index in [1.165, 1.54) is 0 Å². The van der Waals surface area contributed by atoms with Crippen LogP contribution >= 0.6 is 0 Å². The van der Waals surface area contributed by atoms with Gasteiger partial charge in [-0.15, -0.1) is 0 Å². The van der Waals surface area contributed by atoms with Gasteiger partial charge in [-0.2, -0.15) is 0 Å². The van der Waals surface area contributed by atoms with Gasteiger partial charge in [0.1, 0.15) is 17.7 Å². The van der Waals surface area contributed by atoms with Crippen molar-refractivity contribution in [2.45, 2.75) is 85.9 Å². The van der Waals surface area contributed by atoms with Crippen molar-refractivity contribution < 1.29 is 19.1 Å². The monoisotopic (exact) mass is 559 g/mol. The molecule has 3 rings (SSSR count). The molecule has 3 atom stereocenters. The number of anilines is 1. The van der Waals surface area contributed by atoms with Gasteiger partial charge in [0.2, 0.25) is 5.91 Å². The molecule has 0 heterocycles. The summed E-state index contributed by atoms with van der Waals surface area (Å²) in [7, 11) is 0. The molecule has 220 valence electrons. The lowest BCUT2D eigenvalue weighted by Gasteiger charge is -2.37. The van der Waals surface area contributed by atoms with Crippen LogP contribution < -0.4 is 10.6 Å². The Morgan fingerprint density at radius 3 is 2.12 bits per heavy atom. The molecule has 3 aromatic carbocycles. The maximum Gasteiger partial charge on any atom is 0.408 e. The fraction of sp³-hybridized carbons (Fsp3) is 0.441. The molecule has 3 unspecified atom stereocenters.